The van der Waals surface area contributed by atoms with Gasteiger partial charge in [-0.2, -0.15) is 0 Å². The van der Waals surface area contributed by atoms with Gasteiger partial charge in [0, 0.05) is 36.9 Å². The lowest BCUT2D eigenvalue weighted by molar-refractivity contribution is 0.244. The lowest BCUT2D eigenvalue weighted by atomic mass is 10.1. The molecule has 0 saturated carbocycles. The SMILES string of the molecule is CC1CN(c2ccc(N)c(OC(C)C)c2)CC(C)N1. The number of hydrogen-bond donors (Lipinski definition) is 2. The average Bonchev–Trinajstić information content (AvgIpc) is 2.30. The molecule has 0 aliphatic carbocycles. The second-order valence-electron chi connectivity index (χ2n) is 5.76. The molecule has 1 aliphatic rings. The Labute approximate surface area is 115 Å². The molecular weight excluding hydrogens is 238 g/mol. The number of nitrogens with zero attached hydrogens (tertiary/aromatic N) is 1. The van der Waals surface area contributed by atoms with Gasteiger partial charge in [0.25, 0.3) is 0 Å². The molecule has 0 radical (unpaired) electrons. The van der Waals surface area contributed by atoms with Crippen LogP contribution in [0, 0.1) is 0 Å². The van der Waals surface area contributed by atoms with Crippen molar-refractivity contribution in [2.75, 3.05) is 23.7 Å². The van der Waals surface area contributed by atoms with Crippen LogP contribution in [0.15, 0.2) is 18.2 Å². The summed E-state index contributed by atoms with van der Waals surface area (Å²) in [6.45, 7) is 10.5. The number of ether oxygens (including phenoxy) is 1. The van der Waals surface area contributed by atoms with Gasteiger partial charge in [-0.25, -0.2) is 0 Å². The van der Waals surface area contributed by atoms with Crippen molar-refractivity contribution < 1.29 is 4.74 Å². The van der Waals surface area contributed by atoms with Crippen LogP contribution in [-0.4, -0.2) is 31.3 Å². The van der Waals surface area contributed by atoms with Crippen molar-refractivity contribution in [2.45, 2.75) is 45.9 Å². The van der Waals surface area contributed by atoms with E-state index in [-0.39, 0.29) is 6.10 Å². The van der Waals surface area contributed by atoms with Crippen molar-refractivity contribution in [2.24, 2.45) is 0 Å². The summed E-state index contributed by atoms with van der Waals surface area (Å²) in [6, 6.07) is 7.06. The molecule has 4 heteroatoms. The second-order valence-corrected chi connectivity index (χ2v) is 5.76. The van der Waals surface area contributed by atoms with E-state index in [4.69, 9.17) is 10.5 Å². The molecule has 1 saturated heterocycles. The number of anilines is 2. The largest absolute Gasteiger partial charge is 0.489 e. The molecule has 1 aromatic carbocycles. The van der Waals surface area contributed by atoms with Crippen molar-refractivity contribution >= 4 is 11.4 Å². The number of hydrogen-bond acceptors (Lipinski definition) is 4. The first-order valence-electron chi connectivity index (χ1n) is 7.03. The van der Waals surface area contributed by atoms with Gasteiger partial charge in [0.05, 0.1) is 11.8 Å². The van der Waals surface area contributed by atoms with Gasteiger partial charge in [-0.3, -0.25) is 0 Å². The molecule has 1 heterocycles. The molecular formula is C15H25N3O. The minimum atomic E-state index is 0.137. The third kappa shape index (κ3) is 3.53. The zero-order valence-corrected chi connectivity index (χ0v) is 12.3. The Kier molecular flexibility index (Phi) is 4.20. The summed E-state index contributed by atoms with van der Waals surface area (Å²) in [5.74, 6) is 0.784. The van der Waals surface area contributed by atoms with Crippen LogP contribution in [0.5, 0.6) is 5.75 Å². The first kappa shape index (κ1) is 14.0. The van der Waals surface area contributed by atoms with Gasteiger partial charge in [0.2, 0.25) is 0 Å². The average molecular weight is 263 g/mol. The molecule has 2 atom stereocenters. The molecule has 0 amide bonds. The molecule has 19 heavy (non-hydrogen) atoms. The molecule has 2 unspecified atom stereocenters. The van der Waals surface area contributed by atoms with Crippen LogP contribution in [0.2, 0.25) is 0 Å². The van der Waals surface area contributed by atoms with Crippen molar-refractivity contribution in [1.29, 1.82) is 0 Å². The van der Waals surface area contributed by atoms with Crippen LogP contribution >= 0.6 is 0 Å². The minimum Gasteiger partial charge on any atom is -0.489 e. The fourth-order valence-corrected chi connectivity index (χ4v) is 2.61. The van der Waals surface area contributed by atoms with Crippen molar-refractivity contribution in [3.8, 4) is 5.75 Å². The molecule has 0 bridgehead atoms. The number of nitrogens with two attached hydrogens (primary N) is 1. The number of benzene rings is 1. The second kappa shape index (κ2) is 5.70. The van der Waals surface area contributed by atoms with Crippen LogP contribution in [0.25, 0.3) is 0 Å². The lowest BCUT2D eigenvalue weighted by Crippen LogP contribution is -2.54. The van der Waals surface area contributed by atoms with Gasteiger partial charge >= 0.3 is 0 Å². The lowest BCUT2D eigenvalue weighted by Gasteiger charge is -2.37. The Balaban J connectivity index is 2.20. The minimum absolute atomic E-state index is 0.137. The van der Waals surface area contributed by atoms with Crippen LogP contribution < -0.4 is 20.7 Å². The van der Waals surface area contributed by atoms with Gasteiger partial charge in [-0.05, 0) is 39.8 Å². The van der Waals surface area contributed by atoms with Gasteiger partial charge in [-0.1, -0.05) is 0 Å². The van der Waals surface area contributed by atoms with E-state index in [0.29, 0.717) is 17.8 Å². The summed E-state index contributed by atoms with van der Waals surface area (Å²) in [5.41, 5.74) is 7.85. The monoisotopic (exact) mass is 263 g/mol. The van der Waals surface area contributed by atoms with Gasteiger partial charge in [0.15, 0.2) is 0 Å². The number of nitrogens with one attached hydrogen (secondary N) is 1. The molecule has 0 aromatic heterocycles. The Hall–Kier alpha value is -1.42. The third-order valence-corrected chi connectivity index (χ3v) is 3.28. The summed E-state index contributed by atoms with van der Waals surface area (Å²) < 4.78 is 5.76. The van der Waals surface area contributed by atoms with Gasteiger partial charge < -0.3 is 20.7 Å². The van der Waals surface area contributed by atoms with E-state index in [2.05, 4.69) is 36.2 Å². The smallest absolute Gasteiger partial charge is 0.144 e. The standard InChI is InChI=1S/C15H25N3O/c1-10(2)19-15-7-13(5-6-14(15)16)18-8-11(3)17-12(4)9-18/h5-7,10-12,17H,8-9,16H2,1-4H3. The third-order valence-electron chi connectivity index (χ3n) is 3.28. The number of rotatable bonds is 3. The van der Waals surface area contributed by atoms with Gasteiger partial charge in [0.1, 0.15) is 5.75 Å². The Bertz CT molecular complexity index is 423. The summed E-state index contributed by atoms with van der Waals surface area (Å²) in [4.78, 5) is 2.39. The highest BCUT2D eigenvalue weighted by Crippen LogP contribution is 2.29. The highest BCUT2D eigenvalue weighted by molar-refractivity contribution is 5.62. The van der Waals surface area contributed by atoms with E-state index in [0.717, 1.165) is 18.8 Å². The number of piperazine rings is 1. The normalized spacial score (nSPS) is 23.7. The molecule has 4 nitrogen and oxygen atoms in total. The zero-order valence-electron chi connectivity index (χ0n) is 12.3. The molecule has 106 valence electrons. The molecule has 1 aromatic rings. The maximum absolute atomic E-state index is 5.97. The van der Waals surface area contributed by atoms with Crippen LogP contribution in [0.4, 0.5) is 11.4 Å². The van der Waals surface area contributed by atoms with Crippen molar-refractivity contribution in [3.63, 3.8) is 0 Å². The summed E-state index contributed by atoms with van der Waals surface area (Å²) in [5, 5.41) is 3.54. The maximum atomic E-state index is 5.97. The maximum Gasteiger partial charge on any atom is 0.144 e. The van der Waals surface area contributed by atoms with Gasteiger partial charge in [-0.15, -0.1) is 0 Å². The molecule has 2 rings (SSSR count). The number of nitrogen functional groups attached to an aromatic ring is 1. The van der Waals surface area contributed by atoms with E-state index in [9.17, 15) is 0 Å². The Morgan fingerprint density at radius 3 is 2.47 bits per heavy atom. The quantitative estimate of drug-likeness (QED) is 0.821. The van der Waals surface area contributed by atoms with E-state index < -0.39 is 0 Å². The van der Waals surface area contributed by atoms with Crippen molar-refractivity contribution in [3.05, 3.63) is 18.2 Å². The van der Waals surface area contributed by atoms with E-state index in [1.807, 2.05) is 19.9 Å². The fraction of sp³-hybridized carbons (Fsp3) is 0.600. The van der Waals surface area contributed by atoms with E-state index in [1.165, 1.54) is 5.69 Å². The molecule has 0 spiro atoms. The molecule has 1 aliphatic heterocycles. The summed E-state index contributed by atoms with van der Waals surface area (Å²) >= 11 is 0. The highest BCUT2D eigenvalue weighted by atomic mass is 16.5. The van der Waals surface area contributed by atoms with E-state index >= 15 is 0 Å². The van der Waals surface area contributed by atoms with Crippen LogP contribution in [-0.2, 0) is 0 Å². The first-order valence-corrected chi connectivity index (χ1v) is 7.03. The fourth-order valence-electron chi connectivity index (χ4n) is 2.61. The summed E-state index contributed by atoms with van der Waals surface area (Å²) in [7, 11) is 0. The molecule has 1 fully saturated rings. The Morgan fingerprint density at radius 1 is 1.26 bits per heavy atom. The predicted octanol–water partition coefficient (Wildman–Crippen LogP) is 2.24. The van der Waals surface area contributed by atoms with Crippen LogP contribution in [0.3, 0.4) is 0 Å². The highest BCUT2D eigenvalue weighted by Gasteiger charge is 2.21. The first-order chi connectivity index (χ1) is 8.95. The zero-order chi connectivity index (χ0) is 14.0. The predicted molar refractivity (Wildman–Crippen MR) is 80.9 cm³/mol. The Morgan fingerprint density at radius 2 is 1.89 bits per heavy atom. The van der Waals surface area contributed by atoms with Crippen LogP contribution in [0.1, 0.15) is 27.7 Å². The topological polar surface area (TPSA) is 50.5 Å². The molecule has 3 N–H and O–H groups in total. The van der Waals surface area contributed by atoms with Crippen molar-refractivity contribution in [1.82, 2.24) is 5.32 Å². The van der Waals surface area contributed by atoms with E-state index in [1.54, 1.807) is 0 Å². The summed E-state index contributed by atoms with van der Waals surface area (Å²) in [6.07, 6.45) is 0.137.